The van der Waals surface area contributed by atoms with Gasteiger partial charge >= 0.3 is 6.01 Å². The van der Waals surface area contributed by atoms with Crippen molar-refractivity contribution >= 4 is 21.8 Å². The van der Waals surface area contributed by atoms with Crippen LogP contribution in [-0.4, -0.2) is 30.8 Å². The lowest BCUT2D eigenvalue weighted by molar-refractivity contribution is 0.102. The zero-order chi connectivity index (χ0) is 24.4. The lowest BCUT2D eigenvalue weighted by Gasteiger charge is -2.08. The van der Waals surface area contributed by atoms with Gasteiger partial charge in [0, 0.05) is 11.8 Å². The zero-order valence-corrected chi connectivity index (χ0v) is 19.3. The van der Waals surface area contributed by atoms with Gasteiger partial charge in [0.05, 0.1) is 11.2 Å². The molecule has 3 aromatic carbocycles. The van der Waals surface area contributed by atoms with Crippen molar-refractivity contribution in [2.45, 2.75) is 4.90 Å². The number of carbonyl (C=O) groups excluding carboxylic acids is 1. The smallest absolute Gasteiger partial charge is 0.322 e. The zero-order valence-electron chi connectivity index (χ0n) is 18.5. The number of rotatable bonds is 6. The lowest BCUT2D eigenvalue weighted by atomic mass is 9.99. The van der Waals surface area contributed by atoms with Gasteiger partial charge in [-0.3, -0.25) is 10.1 Å². The van der Waals surface area contributed by atoms with Crippen molar-refractivity contribution in [2.24, 2.45) is 0 Å². The minimum atomic E-state index is -3.24. The van der Waals surface area contributed by atoms with E-state index in [-0.39, 0.29) is 22.7 Å². The highest BCUT2D eigenvalue weighted by Crippen LogP contribution is 2.27. The molecule has 0 saturated carbocycles. The van der Waals surface area contributed by atoms with E-state index in [2.05, 4.69) is 15.5 Å². The summed E-state index contributed by atoms with van der Waals surface area (Å²) >= 11 is 0. The quantitative estimate of drug-likeness (QED) is 0.346. The third kappa shape index (κ3) is 4.90. The Labute approximate surface area is 201 Å². The van der Waals surface area contributed by atoms with Crippen molar-refractivity contribution < 1.29 is 22.0 Å². The van der Waals surface area contributed by atoms with Crippen LogP contribution in [0.5, 0.6) is 0 Å². The largest absolute Gasteiger partial charge is 0.459 e. The molecule has 5 rings (SSSR count). The molecule has 9 heteroatoms. The molecule has 0 atom stereocenters. The molecule has 0 bridgehead atoms. The lowest BCUT2D eigenvalue weighted by Crippen LogP contribution is -2.12. The second-order valence-corrected chi connectivity index (χ2v) is 9.81. The van der Waals surface area contributed by atoms with E-state index in [9.17, 15) is 13.2 Å². The Morgan fingerprint density at radius 2 is 1.46 bits per heavy atom. The Balaban J connectivity index is 1.31. The molecule has 0 aliphatic carbocycles. The van der Waals surface area contributed by atoms with Gasteiger partial charge in [0.1, 0.15) is 0 Å². The minimum Gasteiger partial charge on any atom is -0.459 e. The average molecular weight is 486 g/mol. The number of amides is 1. The third-order valence-electron chi connectivity index (χ3n) is 5.34. The fourth-order valence-electron chi connectivity index (χ4n) is 3.53. The molecule has 174 valence electrons. The molecule has 5 aromatic rings. The minimum absolute atomic E-state index is 0.0296. The fourth-order valence-corrected chi connectivity index (χ4v) is 4.16. The summed E-state index contributed by atoms with van der Waals surface area (Å²) in [5.74, 6) is 0.198. The number of hydrogen-bond donors (Lipinski definition) is 1. The van der Waals surface area contributed by atoms with Crippen LogP contribution in [0.15, 0.2) is 105 Å². The van der Waals surface area contributed by atoms with Gasteiger partial charge in [-0.2, -0.15) is 0 Å². The summed E-state index contributed by atoms with van der Waals surface area (Å²) in [6.07, 6.45) is 2.68. The standard InChI is InChI=1S/C26H19N3O5S/c1-35(31,32)22-13-11-18(12-14-22)17-7-9-19(10-8-17)20-4-2-5-21(16-20)24(30)27-26-29-28-25(34-26)23-6-3-15-33-23/h2-16H,1H3,(H,27,29,30). The van der Waals surface area contributed by atoms with Crippen LogP contribution in [0.4, 0.5) is 6.01 Å². The van der Waals surface area contributed by atoms with Gasteiger partial charge < -0.3 is 8.83 Å². The van der Waals surface area contributed by atoms with Gasteiger partial charge in [-0.25, -0.2) is 8.42 Å². The molecule has 1 N–H and O–H groups in total. The number of furan rings is 1. The van der Waals surface area contributed by atoms with Gasteiger partial charge in [0.15, 0.2) is 15.6 Å². The van der Waals surface area contributed by atoms with Crippen LogP contribution >= 0.6 is 0 Å². The van der Waals surface area contributed by atoms with Crippen LogP contribution in [0, 0.1) is 0 Å². The molecule has 0 aliphatic heterocycles. The number of carbonyl (C=O) groups is 1. The molecule has 2 aromatic heterocycles. The van der Waals surface area contributed by atoms with E-state index in [1.54, 1.807) is 54.6 Å². The fraction of sp³-hybridized carbons (Fsp3) is 0.0385. The number of nitrogens with one attached hydrogen (secondary N) is 1. The number of hydrogen-bond acceptors (Lipinski definition) is 7. The average Bonchev–Trinajstić information content (AvgIpc) is 3.56. The molecule has 1 amide bonds. The molecule has 0 radical (unpaired) electrons. The van der Waals surface area contributed by atoms with E-state index in [0.717, 1.165) is 22.3 Å². The van der Waals surface area contributed by atoms with Crippen LogP contribution in [0.1, 0.15) is 10.4 Å². The van der Waals surface area contributed by atoms with Crippen molar-refractivity contribution in [3.63, 3.8) is 0 Å². The van der Waals surface area contributed by atoms with E-state index >= 15 is 0 Å². The van der Waals surface area contributed by atoms with Crippen LogP contribution in [0.25, 0.3) is 33.9 Å². The maximum absolute atomic E-state index is 12.7. The van der Waals surface area contributed by atoms with E-state index in [1.165, 1.54) is 12.5 Å². The maximum atomic E-state index is 12.7. The van der Waals surface area contributed by atoms with Crippen LogP contribution in [0.2, 0.25) is 0 Å². The van der Waals surface area contributed by atoms with Crippen LogP contribution < -0.4 is 5.32 Å². The predicted octanol–water partition coefficient (Wildman–Crippen LogP) is 5.32. The normalized spacial score (nSPS) is 11.3. The van der Waals surface area contributed by atoms with Crippen molar-refractivity contribution in [2.75, 3.05) is 11.6 Å². The van der Waals surface area contributed by atoms with Crippen molar-refractivity contribution in [1.29, 1.82) is 0 Å². The number of anilines is 1. The highest BCUT2D eigenvalue weighted by Gasteiger charge is 2.15. The summed E-state index contributed by atoms with van der Waals surface area (Å²) < 4.78 is 34.0. The number of sulfone groups is 1. The topological polar surface area (TPSA) is 115 Å². The number of nitrogens with zero attached hydrogens (tertiary/aromatic N) is 2. The number of benzene rings is 3. The summed E-state index contributed by atoms with van der Waals surface area (Å²) in [7, 11) is -3.24. The Morgan fingerprint density at radius 3 is 2.09 bits per heavy atom. The molecule has 0 spiro atoms. The number of aromatic nitrogens is 2. The van der Waals surface area contributed by atoms with Gasteiger partial charge in [0.2, 0.25) is 0 Å². The van der Waals surface area contributed by atoms with Crippen molar-refractivity contribution in [3.05, 3.63) is 96.8 Å². The first-order chi connectivity index (χ1) is 16.9. The first-order valence-electron chi connectivity index (χ1n) is 10.6. The molecule has 8 nitrogen and oxygen atoms in total. The third-order valence-corrected chi connectivity index (χ3v) is 6.46. The van der Waals surface area contributed by atoms with E-state index in [1.807, 2.05) is 30.3 Å². The van der Waals surface area contributed by atoms with Crippen molar-refractivity contribution in [3.8, 4) is 33.9 Å². The predicted molar refractivity (Wildman–Crippen MR) is 130 cm³/mol. The monoisotopic (exact) mass is 485 g/mol. The summed E-state index contributed by atoms with van der Waals surface area (Å²) in [5, 5.41) is 10.3. The van der Waals surface area contributed by atoms with Gasteiger partial charge in [-0.15, -0.1) is 5.10 Å². The second kappa shape index (κ2) is 9.03. The highest BCUT2D eigenvalue weighted by atomic mass is 32.2. The van der Waals surface area contributed by atoms with E-state index in [0.29, 0.717) is 11.3 Å². The second-order valence-electron chi connectivity index (χ2n) is 7.80. The summed E-state index contributed by atoms with van der Waals surface area (Å²) in [6.45, 7) is 0. The molecule has 0 unspecified atom stereocenters. The van der Waals surface area contributed by atoms with E-state index < -0.39 is 9.84 Å². The Kier molecular flexibility index (Phi) is 5.76. The summed E-state index contributed by atoms with van der Waals surface area (Å²) in [5.41, 5.74) is 4.07. The molecule has 35 heavy (non-hydrogen) atoms. The highest BCUT2D eigenvalue weighted by molar-refractivity contribution is 7.90. The molecule has 0 fully saturated rings. The van der Waals surface area contributed by atoms with Crippen molar-refractivity contribution in [1.82, 2.24) is 10.2 Å². The SMILES string of the molecule is CS(=O)(=O)c1ccc(-c2ccc(-c3cccc(C(=O)Nc4nnc(-c5ccco5)o4)c3)cc2)cc1. The first kappa shape index (κ1) is 22.3. The van der Waals surface area contributed by atoms with Crippen LogP contribution in [-0.2, 0) is 9.84 Å². The Morgan fingerprint density at radius 1 is 0.800 bits per heavy atom. The molecule has 0 saturated heterocycles. The van der Waals surface area contributed by atoms with E-state index in [4.69, 9.17) is 8.83 Å². The van der Waals surface area contributed by atoms with Gasteiger partial charge in [0.25, 0.3) is 11.8 Å². The summed E-state index contributed by atoms with van der Waals surface area (Å²) in [4.78, 5) is 13.0. The Bertz CT molecular complexity index is 1590. The van der Waals surface area contributed by atoms with Gasteiger partial charge in [-0.05, 0) is 58.7 Å². The maximum Gasteiger partial charge on any atom is 0.322 e. The van der Waals surface area contributed by atoms with Gasteiger partial charge in [-0.1, -0.05) is 53.6 Å². The molecular formula is C26H19N3O5S. The molecule has 0 aliphatic rings. The molecular weight excluding hydrogens is 466 g/mol. The Hall–Kier alpha value is -4.50. The molecule has 2 heterocycles. The van der Waals surface area contributed by atoms with Crippen LogP contribution in [0.3, 0.4) is 0 Å². The first-order valence-corrected chi connectivity index (χ1v) is 12.5. The summed E-state index contributed by atoms with van der Waals surface area (Å²) in [6, 6.07) is 25.1.